The van der Waals surface area contributed by atoms with Gasteiger partial charge in [0.05, 0.1) is 12.5 Å². The van der Waals surface area contributed by atoms with Crippen molar-refractivity contribution in [1.29, 1.82) is 0 Å². The fraction of sp³-hybridized carbons (Fsp3) is 0.714. The quantitative estimate of drug-likeness (QED) is 0.0631. The molecule has 0 saturated carbocycles. The van der Waals surface area contributed by atoms with Crippen LogP contribution in [0.1, 0.15) is 53.4 Å². The summed E-state index contributed by atoms with van der Waals surface area (Å²) < 4.78 is 0. The minimum absolute atomic E-state index is 0.0120. The summed E-state index contributed by atoms with van der Waals surface area (Å²) in [6.07, 6.45) is 0.184. The van der Waals surface area contributed by atoms with Gasteiger partial charge in [0.15, 0.2) is 5.96 Å². The van der Waals surface area contributed by atoms with Crippen molar-refractivity contribution in [3.05, 3.63) is 0 Å². The molecule has 35 heavy (non-hydrogen) atoms. The molecule has 0 aromatic heterocycles. The Balaban J connectivity index is 5.55. The van der Waals surface area contributed by atoms with Crippen LogP contribution in [0, 0.1) is 11.8 Å². The van der Waals surface area contributed by atoms with Crippen LogP contribution >= 0.6 is 0 Å². The lowest BCUT2D eigenvalue weighted by atomic mass is 9.99. The van der Waals surface area contributed by atoms with Gasteiger partial charge in [-0.05, 0) is 31.1 Å². The number of aliphatic imine (C=N–C) groups is 1. The molecule has 4 amide bonds. The zero-order chi connectivity index (χ0) is 27.3. The van der Waals surface area contributed by atoms with Gasteiger partial charge in [-0.25, -0.2) is 4.79 Å². The van der Waals surface area contributed by atoms with Crippen molar-refractivity contribution in [1.82, 2.24) is 16.0 Å². The van der Waals surface area contributed by atoms with E-state index < -0.39 is 66.1 Å². The van der Waals surface area contributed by atoms with E-state index in [1.54, 1.807) is 13.8 Å². The lowest BCUT2D eigenvalue weighted by molar-refractivity contribution is -0.143. The van der Waals surface area contributed by atoms with Crippen LogP contribution in [0.4, 0.5) is 0 Å². The van der Waals surface area contributed by atoms with Gasteiger partial charge in [0.1, 0.15) is 18.1 Å². The molecule has 4 unspecified atom stereocenters. The van der Waals surface area contributed by atoms with Crippen LogP contribution in [0.2, 0.25) is 0 Å². The van der Waals surface area contributed by atoms with Gasteiger partial charge in [0.2, 0.25) is 23.6 Å². The highest BCUT2D eigenvalue weighted by molar-refractivity contribution is 5.95. The molecule has 0 aliphatic carbocycles. The second kappa shape index (κ2) is 15.5. The number of nitrogens with one attached hydrogen (secondary N) is 3. The molecule has 14 heteroatoms. The maximum absolute atomic E-state index is 13.0. The first-order chi connectivity index (χ1) is 16.1. The largest absolute Gasteiger partial charge is 0.480 e. The third-order valence-corrected chi connectivity index (χ3v) is 4.90. The fourth-order valence-electron chi connectivity index (χ4n) is 3.10. The number of nitrogens with zero attached hydrogens (tertiary/aromatic N) is 1. The maximum Gasteiger partial charge on any atom is 0.326 e. The van der Waals surface area contributed by atoms with E-state index >= 15 is 0 Å². The lowest BCUT2D eigenvalue weighted by Crippen LogP contribution is -2.58. The molecule has 0 fully saturated rings. The molecule has 0 aromatic rings. The normalized spacial score (nSPS) is 14.4. The molecule has 0 aromatic carbocycles. The van der Waals surface area contributed by atoms with Crippen LogP contribution in [-0.2, 0) is 24.0 Å². The van der Waals surface area contributed by atoms with Gasteiger partial charge in [-0.3, -0.25) is 24.2 Å². The maximum atomic E-state index is 13.0. The number of primary amides is 1. The highest BCUT2D eigenvalue weighted by atomic mass is 16.4. The molecule has 0 aliphatic heterocycles. The second-order valence-corrected chi connectivity index (χ2v) is 9.05. The van der Waals surface area contributed by atoms with E-state index in [0.717, 1.165) is 0 Å². The summed E-state index contributed by atoms with van der Waals surface area (Å²) in [7, 11) is 0. The topological polar surface area (TPSA) is 258 Å². The standard InChI is InChI=1S/C21H40N8O6/c1-10(2)8-14(20(34)35)28-19(33)16(11(3)4)29-18(32)13(6-5-7-26-21(24)25)27-17(31)12(22)9-15(23)30/h10-14,16H,5-9,22H2,1-4H3,(H2,23,30)(H,27,31)(H,28,33)(H,29,32)(H,34,35)(H4,24,25,26). The molecule has 0 heterocycles. The monoisotopic (exact) mass is 500 g/mol. The summed E-state index contributed by atoms with van der Waals surface area (Å²) >= 11 is 0. The third-order valence-electron chi connectivity index (χ3n) is 4.90. The van der Waals surface area contributed by atoms with Crippen molar-refractivity contribution >= 4 is 35.6 Å². The Labute approximate surface area is 205 Å². The smallest absolute Gasteiger partial charge is 0.326 e. The highest BCUT2D eigenvalue weighted by Crippen LogP contribution is 2.09. The number of carboxylic acids is 1. The molecule has 200 valence electrons. The number of carbonyl (C=O) groups is 5. The van der Waals surface area contributed by atoms with Gasteiger partial charge in [-0.2, -0.15) is 0 Å². The lowest BCUT2D eigenvalue weighted by Gasteiger charge is -2.27. The minimum atomic E-state index is -1.27. The molecule has 14 nitrogen and oxygen atoms in total. The second-order valence-electron chi connectivity index (χ2n) is 9.05. The number of carbonyl (C=O) groups excluding carboxylic acids is 4. The Morgan fingerprint density at radius 1 is 0.857 bits per heavy atom. The van der Waals surface area contributed by atoms with E-state index in [0.29, 0.717) is 6.42 Å². The summed E-state index contributed by atoms with van der Waals surface area (Å²) in [4.78, 5) is 64.6. The van der Waals surface area contributed by atoms with Crippen molar-refractivity contribution in [2.45, 2.75) is 77.5 Å². The SMILES string of the molecule is CC(C)CC(NC(=O)C(NC(=O)C(CCCN=C(N)N)NC(=O)C(N)CC(N)=O)C(C)C)C(=O)O. The van der Waals surface area contributed by atoms with Crippen LogP contribution in [0.15, 0.2) is 4.99 Å². The number of carboxylic acid groups (broad SMARTS) is 1. The van der Waals surface area contributed by atoms with Crippen LogP contribution in [0.3, 0.4) is 0 Å². The molecule has 0 bridgehead atoms. The van der Waals surface area contributed by atoms with Gasteiger partial charge >= 0.3 is 5.97 Å². The summed E-state index contributed by atoms with van der Waals surface area (Å²) in [6, 6.07) is -4.59. The Bertz CT molecular complexity index is 782. The van der Waals surface area contributed by atoms with Crippen LogP contribution in [0.25, 0.3) is 0 Å². The number of guanidine groups is 1. The predicted octanol–water partition coefficient (Wildman–Crippen LogP) is -2.52. The molecular formula is C21H40N8O6. The van der Waals surface area contributed by atoms with Gasteiger partial charge in [-0.15, -0.1) is 0 Å². The van der Waals surface area contributed by atoms with Crippen molar-refractivity contribution < 1.29 is 29.1 Å². The summed E-state index contributed by atoms with van der Waals surface area (Å²) in [5.74, 6) is -4.64. The van der Waals surface area contributed by atoms with E-state index in [1.165, 1.54) is 0 Å². The molecule has 0 spiro atoms. The molecule has 0 radical (unpaired) electrons. The number of amides is 4. The zero-order valence-corrected chi connectivity index (χ0v) is 20.7. The molecule has 0 saturated heterocycles. The fourth-order valence-corrected chi connectivity index (χ4v) is 3.10. The number of rotatable bonds is 16. The zero-order valence-electron chi connectivity index (χ0n) is 20.7. The van der Waals surface area contributed by atoms with Crippen molar-refractivity contribution in [3.63, 3.8) is 0 Å². The summed E-state index contributed by atoms with van der Waals surface area (Å²) in [5.41, 5.74) is 21.3. The number of aliphatic carboxylic acids is 1. The van der Waals surface area contributed by atoms with Gasteiger partial charge in [-0.1, -0.05) is 27.7 Å². The van der Waals surface area contributed by atoms with Crippen LogP contribution < -0.4 is 38.9 Å². The first-order valence-electron chi connectivity index (χ1n) is 11.4. The van der Waals surface area contributed by atoms with Crippen molar-refractivity contribution in [2.75, 3.05) is 6.54 Å². The van der Waals surface area contributed by atoms with Gasteiger partial charge < -0.3 is 44.0 Å². The molecule has 0 rings (SSSR count). The molecule has 4 atom stereocenters. The van der Waals surface area contributed by atoms with E-state index in [4.69, 9.17) is 22.9 Å². The van der Waals surface area contributed by atoms with E-state index in [9.17, 15) is 29.1 Å². The van der Waals surface area contributed by atoms with Crippen LogP contribution in [0.5, 0.6) is 0 Å². The van der Waals surface area contributed by atoms with Gasteiger partial charge in [0, 0.05) is 6.54 Å². The average Bonchev–Trinajstić information content (AvgIpc) is 2.71. The minimum Gasteiger partial charge on any atom is -0.480 e. The Hall–Kier alpha value is -3.42. The summed E-state index contributed by atoms with van der Waals surface area (Å²) in [6.45, 7) is 7.18. The van der Waals surface area contributed by atoms with Gasteiger partial charge in [0.25, 0.3) is 0 Å². The molecule has 12 N–H and O–H groups in total. The van der Waals surface area contributed by atoms with Crippen LogP contribution in [-0.4, -0.2) is 71.4 Å². The number of hydrogen-bond donors (Lipinski definition) is 8. The van der Waals surface area contributed by atoms with E-state index in [-0.39, 0.29) is 31.3 Å². The molecular weight excluding hydrogens is 460 g/mol. The Morgan fingerprint density at radius 3 is 1.89 bits per heavy atom. The highest BCUT2D eigenvalue weighted by Gasteiger charge is 2.32. The Morgan fingerprint density at radius 2 is 1.43 bits per heavy atom. The van der Waals surface area contributed by atoms with Crippen molar-refractivity contribution in [2.24, 2.45) is 39.8 Å². The first kappa shape index (κ1) is 31.6. The summed E-state index contributed by atoms with van der Waals surface area (Å²) in [5, 5.41) is 16.9. The Kier molecular flexibility index (Phi) is 14.0. The third kappa shape index (κ3) is 13.2. The first-order valence-corrected chi connectivity index (χ1v) is 11.4. The van der Waals surface area contributed by atoms with Crippen molar-refractivity contribution in [3.8, 4) is 0 Å². The predicted molar refractivity (Wildman–Crippen MR) is 129 cm³/mol. The average molecular weight is 501 g/mol. The van der Waals surface area contributed by atoms with E-state index in [2.05, 4.69) is 20.9 Å². The number of nitrogens with two attached hydrogens (primary N) is 4. The molecule has 0 aliphatic rings. The number of hydrogen-bond acceptors (Lipinski definition) is 7. The van der Waals surface area contributed by atoms with E-state index in [1.807, 2.05) is 13.8 Å².